The zero-order chi connectivity index (χ0) is 16.3. The average Bonchev–Trinajstić information content (AvgIpc) is 2.47. The van der Waals surface area contributed by atoms with Gasteiger partial charge in [-0.2, -0.15) is 0 Å². The molecule has 0 saturated carbocycles. The molecule has 0 unspecified atom stereocenters. The van der Waals surface area contributed by atoms with E-state index < -0.39 is 6.10 Å². The van der Waals surface area contributed by atoms with Crippen LogP contribution in [0.5, 0.6) is 5.75 Å². The molecule has 0 aliphatic heterocycles. The monoisotopic (exact) mass is 381 g/mol. The minimum Gasteiger partial charge on any atom is -0.481 e. The molecule has 2 aromatic carbocycles. The van der Waals surface area contributed by atoms with Crippen molar-refractivity contribution in [1.82, 2.24) is 0 Å². The van der Waals surface area contributed by atoms with Crippen LogP contribution in [-0.2, 0) is 4.79 Å². The number of hydrogen-bond acceptors (Lipinski definition) is 2. The Bertz CT molecular complexity index is 680. The second-order valence-electron chi connectivity index (χ2n) is 5.10. The predicted octanol–water partition coefficient (Wildman–Crippen LogP) is 5.13. The molecule has 1 amide bonds. The van der Waals surface area contributed by atoms with Crippen molar-refractivity contribution in [3.63, 3.8) is 0 Å². The van der Waals surface area contributed by atoms with E-state index in [9.17, 15) is 4.79 Å². The molecule has 5 heteroatoms. The first kappa shape index (κ1) is 16.8. The number of carbonyl (C=O) groups excluding carboxylic acids is 1. The van der Waals surface area contributed by atoms with Gasteiger partial charge in [-0.3, -0.25) is 4.79 Å². The van der Waals surface area contributed by atoms with E-state index in [2.05, 4.69) is 21.2 Å². The predicted molar refractivity (Wildman–Crippen MR) is 93.8 cm³/mol. The number of anilines is 1. The van der Waals surface area contributed by atoms with E-state index in [4.69, 9.17) is 16.3 Å². The number of ether oxygens (including phenoxy) is 1. The molecule has 0 aliphatic rings. The third kappa shape index (κ3) is 4.02. The summed E-state index contributed by atoms with van der Waals surface area (Å²) in [5, 5.41) is 3.55. The Kier molecular flexibility index (Phi) is 5.48. The fourth-order valence-corrected chi connectivity index (χ4v) is 2.52. The molecule has 0 radical (unpaired) electrons. The van der Waals surface area contributed by atoms with Gasteiger partial charge in [0.05, 0.1) is 5.69 Å². The molecule has 0 fully saturated rings. The van der Waals surface area contributed by atoms with Gasteiger partial charge in [0, 0.05) is 9.50 Å². The lowest BCUT2D eigenvalue weighted by Gasteiger charge is -2.16. The highest BCUT2D eigenvalue weighted by molar-refractivity contribution is 9.10. The summed E-state index contributed by atoms with van der Waals surface area (Å²) >= 11 is 9.53. The number of rotatable bonds is 4. The van der Waals surface area contributed by atoms with E-state index >= 15 is 0 Å². The van der Waals surface area contributed by atoms with E-state index in [0.717, 1.165) is 20.6 Å². The van der Waals surface area contributed by atoms with Gasteiger partial charge in [-0.1, -0.05) is 23.7 Å². The van der Waals surface area contributed by atoms with Crippen LogP contribution < -0.4 is 10.1 Å². The Morgan fingerprint density at radius 3 is 2.41 bits per heavy atom. The van der Waals surface area contributed by atoms with Crippen LogP contribution in [0.25, 0.3) is 0 Å². The smallest absolute Gasteiger partial charge is 0.265 e. The molecule has 2 aromatic rings. The summed E-state index contributed by atoms with van der Waals surface area (Å²) in [7, 11) is 0. The van der Waals surface area contributed by atoms with E-state index in [1.54, 1.807) is 6.92 Å². The molecule has 0 bridgehead atoms. The molecule has 116 valence electrons. The van der Waals surface area contributed by atoms with Gasteiger partial charge in [0.1, 0.15) is 5.75 Å². The minimum absolute atomic E-state index is 0.211. The fourth-order valence-electron chi connectivity index (χ4n) is 2.03. The van der Waals surface area contributed by atoms with Crippen molar-refractivity contribution < 1.29 is 9.53 Å². The Morgan fingerprint density at radius 1 is 1.23 bits per heavy atom. The van der Waals surface area contributed by atoms with Crippen LogP contribution in [0.4, 0.5) is 5.69 Å². The van der Waals surface area contributed by atoms with E-state index in [1.807, 2.05) is 50.2 Å². The normalized spacial score (nSPS) is 11.9. The second kappa shape index (κ2) is 7.16. The second-order valence-corrected chi connectivity index (χ2v) is 6.33. The topological polar surface area (TPSA) is 38.3 Å². The van der Waals surface area contributed by atoms with Gasteiger partial charge < -0.3 is 10.1 Å². The van der Waals surface area contributed by atoms with Gasteiger partial charge in [0.25, 0.3) is 5.91 Å². The number of nitrogens with one attached hydrogen (secondary N) is 1. The lowest BCUT2D eigenvalue weighted by molar-refractivity contribution is -0.122. The number of halogens is 2. The van der Waals surface area contributed by atoms with Crippen molar-refractivity contribution in [2.24, 2.45) is 0 Å². The summed E-state index contributed by atoms with van der Waals surface area (Å²) in [5.41, 5.74) is 2.57. The lowest BCUT2D eigenvalue weighted by Crippen LogP contribution is -2.30. The molecule has 0 heterocycles. The van der Waals surface area contributed by atoms with Crippen molar-refractivity contribution in [1.29, 1.82) is 0 Å². The molecule has 2 rings (SSSR count). The molecule has 1 atom stereocenters. The zero-order valence-electron chi connectivity index (χ0n) is 12.6. The molecule has 0 spiro atoms. The highest BCUT2D eigenvalue weighted by atomic mass is 79.9. The first-order chi connectivity index (χ1) is 10.4. The van der Waals surface area contributed by atoms with Gasteiger partial charge >= 0.3 is 0 Å². The molecule has 0 aromatic heterocycles. The van der Waals surface area contributed by atoms with Crippen molar-refractivity contribution in [3.8, 4) is 5.75 Å². The highest BCUT2D eigenvalue weighted by Crippen LogP contribution is 2.27. The van der Waals surface area contributed by atoms with Gasteiger partial charge in [0.15, 0.2) is 6.10 Å². The Labute approximate surface area is 143 Å². The first-order valence-corrected chi connectivity index (χ1v) is 8.04. The van der Waals surface area contributed by atoms with Crippen molar-refractivity contribution >= 4 is 39.1 Å². The molecular formula is C17H17BrClNO2. The molecule has 3 nitrogen and oxygen atoms in total. The van der Waals surface area contributed by atoms with Gasteiger partial charge in [-0.15, -0.1) is 0 Å². The number of benzene rings is 2. The van der Waals surface area contributed by atoms with Gasteiger partial charge in [0.2, 0.25) is 0 Å². The molecule has 1 N–H and O–H groups in total. The quantitative estimate of drug-likeness (QED) is 0.796. The van der Waals surface area contributed by atoms with Crippen LogP contribution in [0.2, 0.25) is 5.02 Å². The summed E-state index contributed by atoms with van der Waals surface area (Å²) in [6.45, 7) is 5.54. The van der Waals surface area contributed by atoms with Crippen LogP contribution in [-0.4, -0.2) is 12.0 Å². The van der Waals surface area contributed by atoms with Gasteiger partial charge in [-0.25, -0.2) is 0 Å². The third-order valence-electron chi connectivity index (χ3n) is 3.22. The Hall–Kier alpha value is -1.52. The van der Waals surface area contributed by atoms with Gasteiger partial charge in [-0.05, 0) is 72.1 Å². The Morgan fingerprint density at radius 2 is 1.82 bits per heavy atom. The SMILES string of the molecule is Cc1cc(O[C@@H](C)C(=O)Nc2ccccc2Br)cc(C)c1Cl. The first-order valence-electron chi connectivity index (χ1n) is 6.87. The highest BCUT2D eigenvalue weighted by Gasteiger charge is 2.16. The molecule has 22 heavy (non-hydrogen) atoms. The number of hydrogen-bond donors (Lipinski definition) is 1. The van der Waals surface area contributed by atoms with Crippen molar-refractivity contribution in [2.45, 2.75) is 26.9 Å². The lowest BCUT2D eigenvalue weighted by atomic mass is 10.1. The summed E-state index contributed by atoms with van der Waals surface area (Å²) in [6.07, 6.45) is -0.618. The summed E-state index contributed by atoms with van der Waals surface area (Å²) in [4.78, 5) is 12.2. The summed E-state index contributed by atoms with van der Waals surface area (Å²) < 4.78 is 6.55. The zero-order valence-corrected chi connectivity index (χ0v) is 15.0. The average molecular weight is 383 g/mol. The standard InChI is InChI=1S/C17H17BrClNO2/c1-10-8-13(9-11(2)16(10)19)22-12(3)17(21)20-15-7-5-4-6-14(15)18/h4-9,12H,1-3H3,(H,20,21)/t12-/m0/s1. The maximum atomic E-state index is 12.2. The van der Waals surface area contributed by atoms with Crippen molar-refractivity contribution in [3.05, 3.63) is 57.0 Å². The molecular weight excluding hydrogens is 366 g/mol. The molecule has 0 aliphatic carbocycles. The maximum Gasteiger partial charge on any atom is 0.265 e. The third-order valence-corrected chi connectivity index (χ3v) is 4.51. The Balaban J connectivity index is 2.07. The van der Waals surface area contributed by atoms with Crippen LogP contribution in [0.1, 0.15) is 18.1 Å². The minimum atomic E-state index is -0.618. The van der Waals surface area contributed by atoms with Crippen LogP contribution >= 0.6 is 27.5 Å². The van der Waals surface area contributed by atoms with Crippen molar-refractivity contribution in [2.75, 3.05) is 5.32 Å². The van der Waals surface area contributed by atoms with Crippen LogP contribution in [0.3, 0.4) is 0 Å². The van der Waals surface area contributed by atoms with E-state index in [-0.39, 0.29) is 5.91 Å². The van der Waals surface area contributed by atoms with E-state index in [1.165, 1.54) is 0 Å². The number of aryl methyl sites for hydroxylation is 2. The van der Waals surface area contributed by atoms with Crippen LogP contribution in [0, 0.1) is 13.8 Å². The summed E-state index contributed by atoms with van der Waals surface area (Å²) in [5.74, 6) is 0.423. The van der Waals surface area contributed by atoms with E-state index in [0.29, 0.717) is 11.4 Å². The number of carbonyl (C=O) groups is 1. The fraction of sp³-hybridized carbons (Fsp3) is 0.235. The molecule has 0 saturated heterocycles. The van der Waals surface area contributed by atoms with Crippen LogP contribution in [0.15, 0.2) is 40.9 Å². The number of amides is 1. The number of para-hydroxylation sites is 1. The largest absolute Gasteiger partial charge is 0.481 e. The maximum absolute atomic E-state index is 12.2. The summed E-state index contributed by atoms with van der Waals surface area (Å²) in [6, 6.07) is 11.1.